The molecular formula is C13H20BrNO. The lowest BCUT2D eigenvalue weighted by Gasteiger charge is -2.12. The fraction of sp³-hybridized carbons (Fsp3) is 0.538. The number of halogens is 1. The minimum atomic E-state index is 0.669. The van der Waals surface area contributed by atoms with Crippen molar-refractivity contribution in [2.75, 3.05) is 13.2 Å². The van der Waals surface area contributed by atoms with Gasteiger partial charge in [0.15, 0.2) is 0 Å². The highest BCUT2D eigenvalue weighted by Crippen LogP contribution is 2.23. The van der Waals surface area contributed by atoms with E-state index in [1.165, 1.54) is 5.56 Å². The molecule has 0 heterocycles. The molecule has 0 spiro atoms. The molecule has 0 saturated heterocycles. The number of hydrogen-bond donors (Lipinski definition) is 1. The topological polar surface area (TPSA) is 21.3 Å². The zero-order valence-corrected chi connectivity index (χ0v) is 11.8. The fourth-order valence-electron chi connectivity index (χ4n) is 1.48. The molecule has 0 aliphatic carbocycles. The van der Waals surface area contributed by atoms with Crippen LogP contribution in [0.1, 0.15) is 26.3 Å². The molecule has 0 amide bonds. The van der Waals surface area contributed by atoms with Crippen molar-refractivity contribution in [2.45, 2.75) is 27.3 Å². The van der Waals surface area contributed by atoms with Gasteiger partial charge in [0.1, 0.15) is 5.75 Å². The van der Waals surface area contributed by atoms with Crippen LogP contribution in [-0.2, 0) is 6.54 Å². The Morgan fingerprint density at radius 3 is 2.75 bits per heavy atom. The summed E-state index contributed by atoms with van der Waals surface area (Å²) in [5.74, 6) is 1.64. The van der Waals surface area contributed by atoms with Crippen LogP contribution in [0.3, 0.4) is 0 Å². The maximum absolute atomic E-state index is 5.59. The van der Waals surface area contributed by atoms with Crippen LogP contribution < -0.4 is 10.1 Å². The zero-order chi connectivity index (χ0) is 12.0. The lowest BCUT2D eigenvalue weighted by Crippen LogP contribution is -2.19. The number of hydrogen-bond acceptors (Lipinski definition) is 2. The molecular weight excluding hydrogens is 266 g/mol. The summed E-state index contributed by atoms with van der Waals surface area (Å²) in [7, 11) is 0. The minimum Gasteiger partial charge on any atom is -0.494 e. The minimum absolute atomic E-state index is 0.669. The Kier molecular flexibility index (Phi) is 5.85. The van der Waals surface area contributed by atoms with Gasteiger partial charge in [-0.2, -0.15) is 0 Å². The predicted octanol–water partition coefficient (Wildman–Crippen LogP) is 3.59. The number of benzene rings is 1. The lowest BCUT2D eigenvalue weighted by molar-refractivity contribution is 0.335. The number of ether oxygens (including phenoxy) is 1. The van der Waals surface area contributed by atoms with Crippen LogP contribution in [0, 0.1) is 5.92 Å². The van der Waals surface area contributed by atoms with E-state index in [4.69, 9.17) is 4.74 Å². The van der Waals surface area contributed by atoms with Crippen LogP contribution in [0.15, 0.2) is 22.7 Å². The van der Waals surface area contributed by atoms with Gasteiger partial charge >= 0.3 is 0 Å². The highest BCUT2D eigenvalue weighted by molar-refractivity contribution is 9.10. The molecule has 0 fully saturated rings. The summed E-state index contributed by atoms with van der Waals surface area (Å²) in [6, 6.07) is 6.13. The van der Waals surface area contributed by atoms with Crippen molar-refractivity contribution in [1.29, 1.82) is 0 Å². The fourth-order valence-corrected chi connectivity index (χ4v) is 1.89. The Morgan fingerprint density at radius 2 is 2.12 bits per heavy atom. The van der Waals surface area contributed by atoms with Gasteiger partial charge in [-0.3, -0.25) is 0 Å². The molecule has 0 unspecified atom stereocenters. The Morgan fingerprint density at radius 1 is 1.38 bits per heavy atom. The summed E-state index contributed by atoms with van der Waals surface area (Å²) in [5, 5.41) is 3.43. The van der Waals surface area contributed by atoms with Crippen LogP contribution in [-0.4, -0.2) is 13.2 Å². The Bertz CT molecular complexity index is 326. The van der Waals surface area contributed by atoms with Gasteiger partial charge in [0.25, 0.3) is 0 Å². The van der Waals surface area contributed by atoms with Crippen LogP contribution in [0.4, 0.5) is 0 Å². The van der Waals surface area contributed by atoms with Crippen molar-refractivity contribution in [2.24, 2.45) is 5.92 Å². The molecule has 90 valence electrons. The SMILES string of the molecule is CCOc1ccc(Br)cc1CNCC(C)C. The average molecular weight is 286 g/mol. The average Bonchev–Trinajstić information content (AvgIpc) is 2.21. The first-order chi connectivity index (χ1) is 7.63. The molecule has 0 saturated carbocycles. The third-order valence-electron chi connectivity index (χ3n) is 2.19. The summed E-state index contributed by atoms with van der Waals surface area (Å²) in [6.07, 6.45) is 0. The van der Waals surface area contributed by atoms with Crippen molar-refractivity contribution >= 4 is 15.9 Å². The van der Waals surface area contributed by atoms with Crippen LogP contribution >= 0.6 is 15.9 Å². The summed E-state index contributed by atoms with van der Waals surface area (Å²) < 4.78 is 6.68. The number of rotatable bonds is 6. The number of nitrogens with one attached hydrogen (secondary N) is 1. The molecule has 1 aromatic carbocycles. The summed E-state index contributed by atoms with van der Waals surface area (Å²) in [5.41, 5.74) is 1.21. The lowest BCUT2D eigenvalue weighted by atomic mass is 10.2. The molecule has 0 aliphatic rings. The molecule has 0 radical (unpaired) electrons. The first-order valence-electron chi connectivity index (χ1n) is 5.75. The summed E-state index contributed by atoms with van der Waals surface area (Å²) in [4.78, 5) is 0. The second-order valence-corrected chi connectivity index (χ2v) is 5.13. The predicted molar refractivity (Wildman–Crippen MR) is 71.9 cm³/mol. The van der Waals surface area contributed by atoms with Gasteiger partial charge in [0.2, 0.25) is 0 Å². The molecule has 0 atom stereocenters. The normalized spacial score (nSPS) is 10.8. The standard InChI is InChI=1S/C13H20BrNO/c1-4-16-13-6-5-12(14)7-11(13)9-15-8-10(2)3/h5-7,10,15H,4,8-9H2,1-3H3. The van der Waals surface area contributed by atoms with E-state index in [-0.39, 0.29) is 0 Å². The van der Waals surface area contributed by atoms with Crippen molar-refractivity contribution < 1.29 is 4.74 Å². The Hall–Kier alpha value is -0.540. The van der Waals surface area contributed by atoms with Crippen molar-refractivity contribution in [3.8, 4) is 5.75 Å². The maximum Gasteiger partial charge on any atom is 0.123 e. The highest BCUT2D eigenvalue weighted by Gasteiger charge is 2.04. The monoisotopic (exact) mass is 285 g/mol. The van der Waals surface area contributed by atoms with E-state index in [1.807, 2.05) is 19.1 Å². The second-order valence-electron chi connectivity index (χ2n) is 4.21. The molecule has 2 nitrogen and oxygen atoms in total. The van der Waals surface area contributed by atoms with Crippen molar-refractivity contribution in [3.05, 3.63) is 28.2 Å². The van der Waals surface area contributed by atoms with Gasteiger partial charge in [-0.1, -0.05) is 29.8 Å². The molecule has 0 aromatic heterocycles. The van der Waals surface area contributed by atoms with Gasteiger partial charge in [-0.25, -0.2) is 0 Å². The van der Waals surface area contributed by atoms with Gasteiger partial charge in [-0.05, 0) is 37.6 Å². The Labute approximate surface area is 107 Å². The van der Waals surface area contributed by atoms with E-state index < -0.39 is 0 Å². The first kappa shape index (κ1) is 13.5. The largest absolute Gasteiger partial charge is 0.494 e. The molecule has 3 heteroatoms. The quantitative estimate of drug-likeness (QED) is 0.862. The van der Waals surface area contributed by atoms with Crippen LogP contribution in [0.25, 0.3) is 0 Å². The first-order valence-corrected chi connectivity index (χ1v) is 6.54. The molecule has 1 rings (SSSR count). The third kappa shape index (κ3) is 4.54. The van der Waals surface area contributed by atoms with Gasteiger partial charge in [0.05, 0.1) is 6.61 Å². The van der Waals surface area contributed by atoms with Crippen molar-refractivity contribution in [1.82, 2.24) is 5.32 Å². The maximum atomic E-state index is 5.59. The van der Waals surface area contributed by atoms with E-state index in [0.29, 0.717) is 12.5 Å². The molecule has 16 heavy (non-hydrogen) atoms. The van der Waals surface area contributed by atoms with Crippen LogP contribution in [0.2, 0.25) is 0 Å². The summed E-state index contributed by atoms with van der Waals surface area (Å²) in [6.45, 7) is 9.01. The highest BCUT2D eigenvalue weighted by atomic mass is 79.9. The van der Waals surface area contributed by atoms with E-state index in [9.17, 15) is 0 Å². The molecule has 0 bridgehead atoms. The molecule has 1 aromatic rings. The Balaban J connectivity index is 2.64. The van der Waals surface area contributed by atoms with Gasteiger partial charge < -0.3 is 10.1 Å². The molecule has 0 aliphatic heterocycles. The van der Waals surface area contributed by atoms with Crippen molar-refractivity contribution in [3.63, 3.8) is 0 Å². The zero-order valence-electron chi connectivity index (χ0n) is 10.2. The second kappa shape index (κ2) is 6.92. The smallest absolute Gasteiger partial charge is 0.123 e. The third-order valence-corrected chi connectivity index (χ3v) is 2.68. The van der Waals surface area contributed by atoms with E-state index in [1.54, 1.807) is 0 Å². The van der Waals surface area contributed by atoms with Gasteiger partial charge in [0, 0.05) is 16.6 Å². The van der Waals surface area contributed by atoms with Gasteiger partial charge in [-0.15, -0.1) is 0 Å². The van der Waals surface area contributed by atoms with Crippen LogP contribution in [0.5, 0.6) is 5.75 Å². The van der Waals surface area contributed by atoms with E-state index >= 15 is 0 Å². The van der Waals surface area contributed by atoms with E-state index in [2.05, 4.69) is 41.2 Å². The molecule has 1 N–H and O–H groups in total. The summed E-state index contributed by atoms with van der Waals surface area (Å²) >= 11 is 3.48. The van der Waals surface area contributed by atoms with E-state index in [0.717, 1.165) is 23.3 Å².